The van der Waals surface area contributed by atoms with Crippen LogP contribution in [0.1, 0.15) is 117 Å². The third-order valence-corrected chi connectivity index (χ3v) is 8.92. The molecule has 4 atom stereocenters. The van der Waals surface area contributed by atoms with Gasteiger partial charge in [0.1, 0.15) is 6.10 Å². The maximum Gasteiger partial charge on any atom is 0.480 e. The summed E-state index contributed by atoms with van der Waals surface area (Å²) >= 11 is 0. The van der Waals surface area contributed by atoms with Gasteiger partial charge in [0.05, 0.1) is 33.9 Å². The molecule has 0 bridgehead atoms. The minimum absolute atomic E-state index is 0.0748. The Morgan fingerprint density at radius 2 is 1.43 bits per heavy atom. The molecule has 4 unspecified atom stereocenters. The van der Waals surface area contributed by atoms with Crippen molar-refractivity contribution in [2.45, 2.75) is 135 Å². The molecule has 2 aliphatic rings. The first-order valence-electron chi connectivity index (χ1n) is 15.0. The lowest BCUT2D eigenvalue weighted by Gasteiger charge is -2.28. The van der Waals surface area contributed by atoms with Crippen LogP contribution in [0.5, 0.6) is 0 Å². The lowest BCUT2D eigenvalue weighted by Crippen LogP contribution is -2.46. The fraction of sp³-hybridized carbons (Fsp3) is 0.964. The fourth-order valence-electron chi connectivity index (χ4n) is 5.04. The normalized spacial score (nSPS) is 25.3. The number of likely N-dealkylation sites (tertiary alicyclic amines) is 1. The van der Waals surface area contributed by atoms with Gasteiger partial charge in [-0.1, -0.05) is 97.3 Å². The number of hydrogen-bond acceptors (Lipinski definition) is 7. The van der Waals surface area contributed by atoms with Crippen molar-refractivity contribution in [1.29, 1.82) is 0 Å². The Morgan fingerprint density at radius 1 is 0.865 bits per heavy atom. The maximum absolute atomic E-state index is 12.9. The highest BCUT2D eigenvalue weighted by Gasteiger charge is 2.57. The van der Waals surface area contributed by atoms with Gasteiger partial charge in [0.15, 0.2) is 6.10 Å². The summed E-state index contributed by atoms with van der Waals surface area (Å²) in [6.45, 7) is 5.65. The molecule has 0 amide bonds. The van der Waals surface area contributed by atoms with Gasteiger partial charge < -0.3 is 14.0 Å². The van der Waals surface area contributed by atoms with Crippen LogP contribution in [0.3, 0.4) is 0 Å². The number of carbonyl (C=O) groups is 1. The van der Waals surface area contributed by atoms with Crippen molar-refractivity contribution >= 4 is 13.8 Å². The second-order valence-electron chi connectivity index (χ2n) is 11.3. The summed E-state index contributed by atoms with van der Waals surface area (Å²) in [4.78, 5) is 11.8. The number of esters is 1. The Kier molecular flexibility index (Phi) is 15.9. The average Bonchev–Trinajstić information content (AvgIpc) is 3.36. The number of phosphoric acid groups is 1. The highest BCUT2D eigenvalue weighted by molar-refractivity contribution is 7.48. The quantitative estimate of drug-likeness (QED) is 0.0615. The topological polar surface area (TPSA) is 80.3 Å². The molecule has 8 nitrogen and oxygen atoms in total. The summed E-state index contributed by atoms with van der Waals surface area (Å²) in [7, 11) is 0.385. The van der Waals surface area contributed by atoms with Crippen LogP contribution in [0.25, 0.3) is 0 Å². The van der Waals surface area contributed by atoms with E-state index in [1.165, 1.54) is 77.0 Å². The lowest BCUT2D eigenvalue weighted by molar-refractivity contribution is -0.920. The van der Waals surface area contributed by atoms with Gasteiger partial charge in [0.25, 0.3) is 0 Å². The summed E-state index contributed by atoms with van der Waals surface area (Å²) in [5.41, 5.74) is 0. The van der Waals surface area contributed by atoms with Crippen molar-refractivity contribution in [3.63, 3.8) is 0 Å². The number of hydrogen-bond donors (Lipinski definition) is 0. The van der Waals surface area contributed by atoms with Gasteiger partial charge in [0.2, 0.25) is 6.23 Å². The van der Waals surface area contributed by atoms with Crippen molar-refractivity contribution in [3.8, 4) is 0 Å². The zero-order chi connectivity index (χ0) is 27.0. The molecule has 0 aromatic rings. The summed E-state index contributed by atoms with van der Waals surface area (Å²) in [5, 5.41) is 0. The second-order valence-corrected chi connectivity index (χ2v) is 12.9. The molecule has 2 fully saturated rings. The number of rotatable bonds is 22. The van der Waals surface area contributed by atoms with E-state index < -0.39 is 13.9 Å². The van der Waals surface area contributed by atoms with Crippen LogP contribution < -0.4 is 0 Å². The van der Waals surface area contributed by atoms with E-state index in [1.807, 2.05) is 14.1 Å². The largest absolute Gasteiger partial charge is 0.480 e. The molecule has 0 N–H and O–H groups in total. The van der Waals surface area contributed by atoms with E-state index in [0.29, 0.717) is 11.1 Å². The Hall–Kier alpha value is -0.500. The van der Waals surface area contributed by atoms with Gasteiger partial charge in [0, 0.05) is 19.4 Å². The molecule has 0 aromatic carbocycles. The average molecular weight is 549 g/mol. The Bertz CT molecular complexity index is 675. The highest BCUT2D eigenvalue weighted by atomic mass is 31.2. The number of fused-ring (bicyclic) bond motifs is 1. The van der Waals surface area contributed by atoms with Crippen LogP contribution in [-0.2, 0) is 32.4 Å². The van der Waals surface area contributed by atoms with E-state index in [2.05, 4.69) is 6.92 Å². The van der Waals surface area contributed by atoms with Crippen LogP contribution >= 0.6 is 7.82 Å². The van der Waals surface area contributed by atoms with Gasteiger partial charge in [-0.2, -0.15) is 0 Å². The molecule has 218 valence electrons. The van der Waals surface area contributed by atoms with E-state index in [1.54, 1.807) is 6.92 Å². The molecule has 2 saturated heterocycles. The minimum atomic E-state index is -3.67. The Morgan fingerprint density at radius 3 is 1.97 bits per heavy atom. The van der Waals surface area contributed by atoms with E-state index in [0.717, 1.165) is 25.8 Å². The van der Waals surface area contributed by atoms with Gasteiger partial charge in [-0.15, -0.1) is 0 Å². The predicted octanol–water partition coefficient (Wildman–Crippen LogP) is 7.15. The third-order valence-electron chi connectivity index (χ3n) is 7.45. The highest BCUT2D eigenvalue weighted by Crippen LogP contribution is 2.60. The second kappa shape index (κ2) is 18.0. The van der Waals surface area contributed by atoms with Gasteiger partial charge >= 0.3 is 13.8 Å². The standard InChI is InChI=1S/C28H55NO7P/c1-5-7-8-9-10-11-12-13-14-15-16-17-18-19-22-32-23-25(34-27(30)6-2)24-33-37(31)35-26-20-21-29(3,4)28(26)36-37/h25-26,28H,5-24H2,1-4H3/q+1. The Balaban J connectivity index is 1.51. The molecular weight excluding hydrogens is 493 g/mol. The third kappa shape index (κ3) is 12.9. The molecule has 9 heteroatoms. The number of nitrogens with zero attached hydrogens (tertiary/aromatic N) is 1. The maximum atomic E-state index is 12.9. The number of unbranched alkanes of at least 4 members (excludes halogenated alkanes) is 13. The predicted molar refractivity (Wildman–Crippen MR) is 146 cm³/mol. The number of carbonyl (C=O) groups excluding carboxylic acids is 1. The van der Waals surface area contributed by atoms with Crippen molar-refractivity contribution in [2.75, 3.05) is 40.5 Å². The van der Waals surface area contributed by atoms with Gasteiger partial charge in [-0.25, -0.2) is 9.09 Å². The van der Waals surface area contributed by atoms with E-state index >= 15 is 0 Å². The van der Waals surface area contributed by atoms with E-state index in [-0.39, 0.29) is 37.9 Å². The molecule has 0 radical (unpaired) electrons. The van der Waals surface area contributed by atoms with Crippen molar-refractivity contribution in [2.24, 2.45) is 0 Å². The molecule has 2 aliphatic heterocycles. The Labute approximate surface area is 226 Å². The zero-order valence-electron chi connectivity index (χ0n) is 24.1. The van der Waals surface area contributed by atoms with E-state index in [9.17, 15) is 9.36 Å². The van der Waals surface area contributed by atoms with Crippen molar-refractivity contribution in [1.82, 2.24) is 0 Å². The van der Waals surface area contributed by atoms with Crippen LogP contribution in [-0.4, -0.2) is 69.3 Å². The summed E-state index contributed by atoms with van der Waals surface area (Å²) < 4.78 is 41.6. The number of phosphoric ester groups is 1. The van der Waals surface area contributed by atoms with Crippen LogP contribution in [0.2, 0.25) is 0 Å². The molecule has 37 heavy (non-hydrogen) atoms. The lowest BCUT2D eigenvalue weighted by atomic mass is 10.0. The number of quaternary nitrogens is 1. The molecule has 2 rings (SSSR count). The van der Waals surface area contributed by atoms with Crippen LogP contribution in [0.15, 0.2) is 0 Å². The summed E-state index contributed by atoms with van der Waals surface area (Å²) in [6, 6.07) is 0. The number of ether oxygens (including phenoxy) is 2. The van der Waals surface area contributed by atoms with Crippen molar-refractivity contribution in [3.05, 3.63) is 0 Å². The van der Waals surface area contributed by atoms with Crippen molar-refractivity contribution < 1.29 is 36.9 Å². The van der Waals surface area contributed by atoms with E-state index in [4.69, 9.17) is 23.0 Å². The first-order valence-corrected chi connectivity index (χ1v) is 16.5. The van der Waals surface area contributed by atoms with Crippen LogP contribution in [0.4, 0.5) is 0 Å². The number of likely N-dealkylation sites (N-methyl/N-ethyl adjacent to an activating group) is 1. The summed E-state index contributed by atoms with van der Waals surface area (Å²) in [6.07, 6.45) is 18.3. The SMILES string of the molecule is CCCCCCCCCCCCCCCCOCC(COP1(=O)OC2CC[N+](C)(C)C2O1)OC(=O)CC. The molecular formula is C28H55NO7P+. The monoisotopic (exact) mass is 548 g/mol. The van der Waals surface area contributed by atoms with Gasteiger partial charge in [-0.3, -0.25) is 13.8 Å². The molecule has 2 heterocycles. The first kappa shape index (κ1) is 32.7. The first-order chi connectivity index (χ1) is 17.8. The molecule has 0 aromatic heterocycles. The fourth-order valence-corrected chi connectivity index (χ4v) is 6.75. The smallest absolute Gasteiger partial charge is 0.457 e. The van der Waals surface area contributed by atoms with Gasteiger partial charge in [-0.05, 0) is 6.42 Å². The summed E-state index contributed by atoms with van der Waals surface area (Å²) in [5.74, 6) is -0.338. The minimum Gasteiger partial charge on any atom is -0.457 e. The molecule has 0 aliphatic carbocycles. The molecule has 0 saturated carbocycles. The molecule has 0 spiro atoms. The zero-order valence-corrected chi connectivity index (χ0v) is 25.0. The van der Waals surface area contributed by atoms with Crippen LogP contribution in [0, 0.1) is 0 Å².